The quantitative estimate of drug-likeness (QED) is 0.781. The molecule has 3 heterocycles. The molecule has 26 heavy (non-hydrogen) atoms. The van der Waals surface area contributed by atoms with Crippen molar-refractivity contribution in [3.8, 4) is 0 Å². The van der Waals surface area contributed by atoms with Crippen LogP contribution in [0.15, 0.2) is 24.3 Å². The number of fused-ring (bicyclic) bond motifs is 2. The van der Waals surface area contributed by atoms with Crippen molar-refractivity contribution in [2.75, 3.05) is 0 Å². The predicted molar refractivity (Wildman–Crippen MR) is 97.3 cm³/mol. The largest absolute Gasteiger partial charge is 0.337 e. The maximum Gasteiger partial charge on any atom is 0.229 e. The summed E-state index contributed by atoms with van der Waals surface area (Å²) in [6.07, 6.45) is 5.50. The lowest BCUT2D eigenvalue weighted by molar-refractivity contribution is -0.144. The Labute approximate surface area is 154 Å². The van der Waals surface area contributed by atoms with E-state index >= 15 is 0 Å². The van der Waals surface area contributed by atoms with Gasteiger partial charge in [0.1, 0.15) is 0 Å². The van der Waals surface area contributed by atoms with Crippen LogP contribution in [0.1, 0.15) is 56.1 Å². The molecule has 0 spiro atoms. The second kappa shape index (κ2) is 6.86. The normalized spacial score (nSPS) is 28.1. The number of aryl methyl sites for hydroxylation is 2. The lowest BCUT2D eigenvalue weighted by atomic mass is 9.95. The van der Waals surface area contributed by atoms with Crippen LogP contribution in [-0.2, 0) is 20.8 Å². The van der Waals surface area contributed by atoms with E-state index in [-0.39, 0.29) is 35.8 Å². The molecule has 4 rings (SSSR count). The number of hydrogen-bond acceptors (Lipinski definition) is 3. The Kier molecular flexibility index (Phi) is 4.55. The van der Waals surface area contributed by atoms with Crippen molar-refractivity contribution in [3.63, 3.8) is 0 Å². The van der Waals surface area contributed by atoms with E-state index in [2.05, 4.69) is 24.0 Å². The number of amides is 3. The van der Waals surface area contributed by atoms with Gasteiger partial charge in [0.15, 0.2) is 0 Å². The molecule has 2 bridgehead atoms. The van der Waals surface area contributed by atoms with Gasteiger partial charge in [-0.3, -0.25) is 19.3 Å². The number of carbonyl (C=O) groups excluding carboxylic acids is 3. The van der Waals surface area contributed by atoms with Crippen molar-refractivity contribution < 1.29 is 14.4 Å². The van der Waals surface area contributed by atoms with Crippen molar-refractivity contribution in [1.29, 1.82) is 0 Å². The summed E-state index contributed by atoms with van der Waals surface area (Å²) in [4.78, 5) is 40.5. The Morgan fingerprint density at radius 3 is 2.23 bits per heavy atom. The van der Waals surface area contributed by atoms with Gasteiger partial charge in [-0.1, -0.05) is 24.3 Å². The summed E-state index contributed by atoms with van der Waals surface area (Å²) in [6.45, 7) is 2.08. The number of nitrogens with zero attached hydrogens (tertiary/aromatic N) is 2. The van der Waals surface area contributed by atoms with Crippen LogP contribution in [0.4, 0.5) is 0 Å². The molecular formula is C21H26N2O3. The van der Waals surface area contributed by atoms with Gasteiger partial charge >= 0.3 is 0 Å². The van der Waals surface area contributed by atoms with Crippen molar-refractivity contribution in [1.82, 2.24) is 9.80 Å². The molecule has 3 fully saturated rings. The molecule has 2 atom stereocenters. The van der Waals surface area contributed by atoms with Crippen LogP contribution in [0, 0.1) is 6.92 Å². The Morgan fingerprint density at radius 2 is 1.62 bits per heavy atom. The number of imide groups is 1. The summed E-state index contributed by atoms with van der Waals surface area (Å²) in [5.74, 6) is 0.163. The van der Waals surface area contributed by atoms with Crippen LogP contribution in [-0.4, -0.2) is 45.6 Å². The van der Waals surface area contributed by atoms with Gasteiger partial charge in [-0.25, -0.2) is 0 Å². The predicted octanol–water partition coefficient (Wildman–Crippen LogP) is 2.60. The molecule has 0 saturated carbocycles. The maximum absolute atomic E-state index is 12.9. The zero-order valence-electron chi connectivity index (χ0n) is 15.3. The van der Waals surface area contributed by atoms with Crippen molar-refractivity contribution in [2.24, 2.45) is 0 Å². The molecule has 1 aromatic rings. The first-order valence-corrected chi connectivity index (χ1v) is 9.75. The van der Waals surface area contributed by atoms with Crippen LogP contribution < -0.4 is 0 Å². The molecule has 0 aliphatic carbocycles. The number of benzene rings is 1. The van der Waals surface area contributed by atoms with Gasteiger partial charge in [0.25, 0.3) is 0 Å². The summed E-state index contributed by atoms with van der Waals surface area (Å²) in [7, 11) is 0. The summed E-state index contributed by atoms with van der Waals surface area (Å²) in [5.41, 5.74) is 2.46. The molecule has 2 unspecified atom stereocenters. The molecule has 1 aromatic carbocycles. The highest BCUT2D eigenvalue weighted by molar-refractivity contribution is 6.02. The fourth-order valence-corrected chi connectivity index (χ4v) is 5.03. The standard InChI is InChI=1S/C21H26N2O3/c1-14-4-2-3-5-15(14)6-9-19(24)22-16-7-8-17(22)13-18(12-16)23-20(25)10-11-21(23)26/h2-5,16-18H,6-13H2,1H3. The Bertz CT molecular complexity index is 715. The SMILES string of the molecule is Cc1ccccc1CCC(=O)N1C2CCC1CC(N1C(=O)CCC1=O)C2. The number of rotatable bonds is 4. The molecule has 5 heteroatoms. The highest BCUT2D eigenvalue weighted by Gasteiger charge is 2.47. The third-order valence-corrected chi connectivity index (χ3v) is 6.32. The fourth-order valence-electron chi connectivity index (χ4n) is 5.03. The van der Waals surface area contributed by atoms with E-state index < -0.39 is 0 Å². The first-order valence-electron chi connectivity index (χ1n) is 9.75. The molecule has 0 N–H and O–H groups in total. The maximum atomic E-state index is 12.9. The molecule has 3 saturated heterocycles. The minimum absolute atomic E-state index is 0.00424. The van der Waals surface area contributed by atoms with Gasteiger partial charge in [0.05, 0.1) is 0 Å². The topological polar surface area (TPSA) is 57.7 Å². The zero-order chi connectivity index (χ0) is 18.3. The van der Waals surface area contributed by atoms with Crippen molar-refractivity contribution in [3.05, 3.63) is 35.4 Å². The number of piperidine rings is 1. The third-order valence-electron chi connectivity index (χ3n) is 6.32. The second-order valence-electron chi connectivity index (χ2n) is 7.90. The first kappa shape index (κ1) is 17.3. The summed E-state index contributed by atoms with van der Waals surface area (Å²) < 4.78 is 0. The lowest BCUT2D eigenvalue weighted by Crippen LogP contribution is -2.53. The summed E-state index contributed by atoms with van der Waals surface area (Å²) in [6, 6.07) is 8.58. The van der Waals surface area contributed by atoms with Crippen LogP contribution in [0.5, 0.6) is 0 Å². The summed E-state index contributed by atoms with van der Waals surface area (Å²) >= 11 is 0. The molecular weight excluding hydrogens is 328 g/mol. The molecule has 0 radical (unpaired) electrons. The van der Waals surface area contributed by atoms with Crippen LogP contribution in [0.2, 0.25) is 0 Å². The van der Waals surface area contributed by atoms with E-state index in [1.165, 1.54) is 16.0 Å². The Hall–Kier alpha value is -2.17. The number of carbonyl (C=O) groups is 3. The van der Waals surface area contributed by atoms with Gasteiger partial charge in [0.2, 0.25) is 17.7 Å². The number of likely N-dealkylation sites (tertiary alicyclic amines) is 1. The van der Waals surface area contributed by atoms with E-state index in [4.69, 9.17) is 0 Å². The molecule has 138 valence electrons. The Morgan fingerprint density at radius 1 is 1.00 bits per heavy atom. The Balaban J connectivity index is 1.40. The molecule has 5 nitrogen and oxygen atoms in total. The van der Waals surface area contributed by atoms with E-state index in [1.807, 2.05) is 12.1 Å². The van der Waals surface area contributed by atoms with Gasteiger partial charge in [-0.15, -0.1) is 0 Å². The van der Waals surface area contributed by atoms with Crippen molar-refractivity contribution in [2.45, 2.75) is 76.4 Å². The second-order valence-corrected chi connectivity index (χ2v) is 7.90. The average Bonchev–Trinajstić information content (AvgIpc) is 3.10. The van der Waals surface area contributed by atoms with Gasteiger partial charge in [-0.05, 0) is 50.2 Å². The van der Waals surface area contributed by atoms with Crippen LogP contribution in [0.3, 0.4) is 0 Å². The van der Waals surface area contributed by atoms with Gasteiger partial charge in [0, 0.05) is 37.4 Å². The molecule has 3 aliphatic heterocycles. The highest BCUT2D eigenvalue weighted by Crippen LogP contribution is 2.39. The van der Waals surface area contributed by atoms with Crippen LogP contribution >= 0.6 is 0 Å². The van der Waals surface area contributed by atoms with E-state index in [9.17, 15) is 14.4 Å². The zero-order valence-corrected chi connectivity index (χ0v) is 15.3. The minimum atomic E-state index is -0.0290. The smallest absolute Gasteiger partial charge is 0.229 e. The fraction of sp³-hybridized carbons (Fsp3) is 0.571. The lowest BCUT2D eigenvalue weighted by Gasteiger charge is -2.41. The molecule has 3 amide bonds. The van der Waals surface area contributed by atoms with Crippen LogP contribution in [0.25, 0.3) is 0 Å². The van der Waals surface area contributed by atoms with Crippen molar-refractivity contribution >= 4 is 17.7 Å². The monoisotopic (exact) mass is 354 g/mol. The van der Waals surface area contributed by atoms with E-state index in [0.717, 1.165) is 32.1 Å². The highest BCUT2D eigenvalue weighted by atomic mass is 16.2. The van der Waals surface area contributed by atoms with E-state index in [0.29, 0.717) is 19.3 Å². The average molecular weight is 354 g/mol. The third kappa shape index (κ3) is 3.04. The van der Waals surface area contributed by atoms with Gasteiger partial charge in [-0.2, -0.15) is 0 Å². The minimum Gasteiger partial charge on any atom is -0.337 e. The molecule has 0 aromatic heterocycles. The number of hydrogen-bond donors (Lipinski definition) is 0. The van der Waals surface area contributed by atoms with Gasteiger partial charge < -0.3 is 4.90 Å². The first-order chi connectivity index (χ1) is 12.5. The summed E-state index contributed by atoms with van der Waals surface area (Å²) in [5, 5.41) is 0. The van der Waals surface area contributed by atoms with E-state index in [1.54, 1.807) is 0 Å². The molecule has 3 aliphatic rings.